The van der Waals surface area contributed by atoms with Crippen LogP contribution in [0.25, 0.3) is 0 Å². The summed E-state index contributed by atoms with van der Waals surface area (Å²) in [5, 5.41) is 12.5. The number of nitrogens with one attached hydrogen (secondary N) is 1. The number of nitriles is 1. The lowest BCUT2D eigenvalue weighted by Gasteiger charge is -2.10. The van der Waals surface area contributed by atoms with Gasteiger partial charge in [0.15, 0.2) is 0 Å². The average molecular weight is 253 g/mol. The van der Waals surface area contributed by atoms with Crippen LogP contribution in [-0.4, -0.2) is 19.8 Å². The summed E-state index contributed by atoms with van der Waals surface area (Å²) in [6.45, 7) is 6.29. The highest BCUT2D eigenvalue weighted by atomic mass is 35.5. The van der Waals surface area contributed by atoms with Crippen LogP contribution in [0.4, 0.5) is 5.69 Å². The summed E-state index contributed by atoms with van der Waals surface area (Å²) in [6, 6.07) is 7.24. The fourth-order valence-electron chi connectivity index (χ4n) is 1.31. The number of ether oxygens (including phenoxy) is 1. The zero-order valence-corrected chi connectivity index (χ0v) is 10.9. The van der Waals surface area contributed by atoms with Gasteiger partial charge in [0.2, 0.25) is 0 Å². The van der Waals surface area contributed by atoms with E-state index in [0.29, 0.717) is 29.7 Å². The molecule has 1 aromatic rings. The molecule has 0 amide bonds. The van der Waals surface area contributed by atoms with Crippen molar-refractivity contribution in [2.75, 3.05) is 25.1 Å². The van der Waals surface area contributed by atoms with Gasteiger partial charge in [0, 0.05) is 13.2 Å². The van der Waals surface area contributed by atoms with Gasteiger partial charge in [-0.15, -0.1) is 0 Å². The monoisotopic (exact) mass is 252 g/mol. The topological polar surface area (TPSA) is 45.0 Å². The molecule has 0 bridgehead atoms. The van der Waals surface area contributed by atoms with Gasteiger partial charge in [-0.25, -0.2) is 0 Å². The molecule has 1 aromatic carbocycles. The molecule has 1 rings (SSSR count). The molecule has 4 heteroatoms. The smallest absolute Gasteiger partial charge is 0.0992 e. The molecule has 92 valence electrons. The number of rotatable bonds is 6. The van der Waals surface area contributed by atoms with Gasteiger partial charge >= 0.3 is 0 Å². The van der Waals surface area contributed by atoms with Gasteiger partial charge in [-0.1, -0.05) is 25.4 Å². The van der Waals surface area contributed by atoms with E-state index >= 15 is 0 Å². The van der Waals surface area contributed by atoms with Crippen LogP contribution in [0.1, 0.15) is 19.4 Å². The number of nitrogens with zero attached hydrogens (tertiary/aromatic N) is 1. The molecule has 0 radical (unpaired) electrons. The first kappa shape index (κ1) is 13.8. The van der Waals surface area contributed by atoms with Gasteiger partial charge in [-0.2, -0.15) is 5.26 Å². The summed E-state index contributed by atoms with van der Waals surface area (Å²) in [5.41, 5.74) is 1.37. The second kappa shape index (κ2) is 7.16. The van der Waals surface area contributed by atoms with Gasteiger partial charge < -0.3 is 10.1 Å². The minimum atomic E-state index is 0.542. The molecule has 0 saturated carbocycles. The predicted molar refractivity (Wildman–Crippen MR) is 70.3 cm³/mol. The number of anilines is 1. The first-order chi connectivity index (χ1) is 8.13. The molecule has 0 atom stereocenters. The third kappa shape index (κ3) is 5.08. The Morgan fingerprint density at radius 1 is 1.47 bits per heavy atom. The molecule has 1 N–H and O–H groups in total. The Kier molecular flexibility index (Phi) is 5.82. The average Bonchev–Trinajstić information content (AvgIpc) is 2.30. The van der Waals surface area contributed by atoms with Crippen LogP contribution in [0.2, 0.25) is 5.02 Å². The second-order valence-electron chi connectivity index (χ2n) is 4.20. The molecular formula is C13H17ClN2O. The van der Waals surface area contributed by atoms with Crippen LogP contribution in [0.3, 0.4) is 0 Å². The second-order valence-corrected chi connectivity index (χ2v) is 4.61. The third-order valence-corrected chi connectivity index (χ3v) is 2.44. The summed E-state index contributed by atoms with van der Waals surface area (Å²) in [4.78, 5) is 0. The summed E-state index contributed by atoms with van der Waals surface area (Å²) in [6.07, 6.45) is 0. The Balaban J connectivity index is 2.39. The van der Waals surface area contributed by atoms with Gasteiger partial charge in [-0.3, -0.25) is 0 Å². The minimum absolute atomic E-state index is 0.542. The lowest BCUT2D eigenvalue weighted by atomic mass is 10.2. The summed E-state index contributed by atoms with van der Waals surface area (Å²) in [7, 11) is 0. The Morgan fingerprint density at radius 3 is 2.88 bits per heavy atom. The molecule has 0 unspecified atom stereocenters. The van der Waals surface area contributed by atoms with E-state index in [1.54, 1.807) is 18.2 Å². The maximum absolute atomic E-state index is 8.78. The van der Waals surface area contributed by atoms with Crippen molar-refractivity contribution in [1.82, 2.24) is 0 Å². The van der Waals surface area contributed by atoms with Crippen molar-refractivity contribution in [3.05, 3.63) is 28.8 Å². The Bertz CT molecular complexity index is 399. The van der Waals surface area contributed by atoms with Crippen LogP contribution in [0, 0.1) is 17.2 Å². The van der Waals surface area contributed by atoms with E-state index in [-0.39, 0.29) is 0 Å². The molecule has 0 fully saturated rings. The Labute approximate surface area is 107 Å². The van der Waals surface area contributed by atoms with E-state index in [1.807, 2.05) is 0 Å². The van der Waals surface area contributed by atoms with E-state index in [9.17, 15) is 0 Å². The molecule has 0 aliphatic rings. The maximum Gasteiger partial charge on any atom is 0.0992 e. The molecule has 17 heavy (non-hydrogen) atoms. The van der Waals surface area contributed by atoms with Crippen molar-refractivity contribution in [2.24, 2.45) is 5.92 Å². The molecule has 0 spiro atoms. The maximum atomic E-state index is 8.78. The first-order valence-electron chi connectivity index (χ1n) is 5.64. The highest BCUT2D eigenvalue weighted by Gasteiger charge is 2.01. The van der Waals surface area contributed by atoms with Crippen LogP contribution in [0.15, 0.2) is 18.2 Å². The van der Waals surface area contributed by atoms with E-state index in [4.69, 9.17) is 21.6 Å². The van der Waals surface area contributed by atoms with E-state index < -0.39 is 0 Å². The van der Waals surface area contributed by atoms with Gasteiger partial charge in [0.25, 0.3) is 0 Å². The lowest BCUT2D eigenvalue weighted by molar-refractivity contribution is 0.118. The predicted octanol–water partition coefficient (Wildman–Crippen LogP) is 3.30. The Morgan fingerprint density at radius 2 is 2.24 bits per heavy atom. The molecule has 0 aliphatic heterocycles. The fraction of sp³-hybridized carbons (Fsp3) is 0.462. The minimum Gasteiger partial charge on any atom is -0.381 e. The van der Waals surface area contributed by atoms with E-state index in [0.717, 1.165) is 12.3 Å². The SMILES string of the molecule is CC(C)COCCNc1cc(C#N)ccc1Cl. The number of halogens is 1. The first-order valence-corrected chi connectivity index (χ1v) is 6.02. The van der Waals surface area contributed by atoms with Gasteiger partial charge in [0.1, 0.15) is 0 Å². The van der Waals surface area contributed by atoms with Gasteiger partial charge in [-0.05, 0) is 24.1 Å². The summed E-state index contributed by atoms with van der Waals surface area (Å²) in [5.74, 6) is 0.542. The highest BCUT2D eigenvalue weighted by molar-refractivity contribution is 6.33. The molecule has 0 heterocycles. The van der Waals surface area contributed by atoms with E-state index in [2.05, 4.69) is 25.2 Å². The molecule has 3 nitrogen and oxygen atoms in total. The van der Waals surface area contributed by atoms with Crippen molar-refractivity contribution < 1.29 is 4.74 Å². The van der Waals surface area contributed by atoms with Crippen molar-refractivity contribution in [2.45, 2.75) is 13.8 Å². The molecule has 0 aromatic heterocycles. The zero-order chi connectivity index (χ0) is 12.7. The number of hydrogen-bond acceptors (Lipinski definition) is 3. The van der Waals surface area contributed by atoms with Crippen LogP contribution < -0.4 is 5.32 Å². The van der Waals surface area contributed by atoms with Crippen LogP contribution in [0.5, 0.6) is 0 Å². The largest absolute Gasteiger partial charge is 0.381 e. The molecule has 0 saturated heterocycles. The standard InChI is InChI=1S/C13H17ClN2O/c1-10(2)9-17-6-5-16-13-7-11(8-15)3-4-12(13)14/h3-4,7,10,16H,5-6,9H2,1-2H3. The van der Waals surface area contributed by atoms with Crippen molar-refractivity contribution in [3.8, 4) is 6.07 Å². The van der Waals surface area contributed by atoms with Crippen molar-refractivity contribution in [1.29, 1.82) is 5.26 Å². The summed E-state index contributed by atoms with van der Waals surface area (Å²) < 4.78 is 5.44. The fourth-order valence-corrected chi connectivity index (χ4v) is 1.49. The van der Waals surface area contributed by atoms with E-state index in [1.165, 1.54) is 0 Å². The number of hydrogen-bond donors (Lipinski definition) is 1. The van der Waals surface area contributed by atoms with Crippen LogP contribution >= 0.6 is 11.6 Å². The highest BCUT2D eigenvalue weighted by Crippen LogP contribution is 2.22. The van der Waals surface area contributed by atoms with Crippen molar-refractivity contribution >= 4 is 17.3 Å². The van der Waals surface area contributed by atoms with Crippen LogP contribution in [-0.2, 0) is 4.74 Å². The normalized spacial score (nSPS) is 10.3. The molecule has 0 aliphatic carbocycles. The molecular weight excluding hydrogens is 236 g/mol. The Hall–Kier alpha value is -1.24. The zero-order valence-electron chi connectivity index (χ0n) is 10.2. The third-order valence-electron chi connectivity index (χ3n) is 2.11. The van der Waals surface area contributed by atoms with Crippen molar-refractivity contribution in [3.63, 3.8) is 0 Å². The van der Waals surface area contributed by atoms with Gasteiger partial charge in [0.05, 0.1) is 28.9 Å². The number of benzene rings is 1. The quantitative estimate of drug-likeness (QED) is 0.790. The summed E-state index contributed by atoms with van der Waals surface area (Å²) >= 11 is 6.00. The lowest BCUT2D eigenvalue weighted by Crippen LogP contribution is -2.12.